The van der Waals surface area contributed by atoms with Gasteiger partial charge in [-0.2, -0.15) is 0 Å². The van der Waals surface area contributed by atoms with Crippen molar-refractivity contribution < 1.29 is 9.47 Å². The van der Waals surface area contributed by atoms with Crippen molar-refractivity contribution in [3.63, 3.8) is 0 Å². The third-order valence-corrected chi connectivity index (χ3v) is 5.03. The van der Waals surface area contributed by atoms with Crippen LogP contribution in [-0.4, -0.2) is 37.7 Å². The Labute approximate surface area is 155 Å². The lowest BCUT2D eigenvalue weighted by molar-refractivity contribution is 0.398. The zero-order valence-electron chi connectivity index (χ0n) is 15.8. The summed E-state index contributed by atoms with van der Waals surface area (Å²) in [4.78, 5) is 7.92. The molecule has 6 nitrogen and oxygen atoms in total. The number of aromatic amines is 1. The van der Waals surface area contributed by atoms with E-state index >= 15 is 0 Å². The molecule has 0 unspecified atom stereocenters. The third kappa shape index (κ3) is 4.62. The van der Waals surface area contributed by atoms with E-state index in [1.807, 2.05) is 12.1 Å². The van der Waals surface area contributed by atoms with Gasteiger partial charge in [-0.3, -0.25) is 4.99 Å². The van der Waals surface area contributed by atoms with Crippen LogP contribution < -0.4 is 20.5 Å². The molecule has 0 bridgehead atoms. The number of benzene rings is 1. The van der Waals surface area contributed by atoms with Crippen LogP contribution in [0.1, 0.15) is 44.2 Å². The molecular weight excluding hydrogens is 328 g/mol. The average molecular weight is 358 g/mol. The summed E-state index contributed by atoms with van der Waals surface area (Å²) in [6.45, 7) is 0.724. The predicted molar refractivity (Wildman–Crippen MR) is 106 cm³/mol. The van der Waals surface area contributed by atoms with Gasteiger partial charge in [-0.15, -0.1) is 0 Å². The highest BCUT2D eigenvalue weighted by molar-refractivity contribution is 5.88. The van der Waals surface area contributed by atoms with E-state index in [1.165, 1.54) is 37.8 Å². The molecule has 1 fully saturated rings. The summed E-state index contributed by atoms with van der Waals surface area (Å²) < 4.78 is 10.8. The van der Waals surface area contributed by atoms with E-state index in [2.05, 4.69) is 21.4 Å². The van der Waals surface area contributed by atoms with Crippen molar-refractivity contribution in [1.82, 2.24) is 10.3 Å². The van der Waals surface area contributed by atoms with Crippen molar-refractivity contribution in [2.24, 2.45) is 10.7 Å². The van der Waals surface area contributed by atoms with Crippen LogP contribution in [0.25, 0.3) is 10.9 Å². The average Bonchev–Trinajstić information content (AvgIpc) is 3.08. The highest BCUT2D eigenvalue weighted by atomic mass is 16.5. The maximum Gasteiger partial charge on any atom is 0.188 e. The number of guanidine groups is 1. The number of aromatic nitrogens is 1. The van der Waals surface area contributed by atoms with E-state index in [9.17, 15) is 0 Å². The molecule has 1 saturated carbocycles. The quantitative estimate of drug-likeness (QED) is 0.402. The second kappa shape index (κ2) is 8.83. The van der Waals surface area contributed by atoms with Crippen LogP contribution in [0.15, 0.2) is 23.2 Å². The first kappa shape index (κ1) is 18.4. The maximum atomic E-state index is 6.02. The lowest BCUT2D eigenvalue weighted by Crippen LogP contribution is -2.41. The summed E-state index contributed by atoms with van der Waals surface area (Å²) in [6, 6.07) is 6.54. The number of methoxy groups -OCH3 is 2. The monoisotopic (exact) mass is 358 g/mol. The molecule has 0 saturated heterocycles. The Kier molecular flexibility index (Phi) is 6.26. The molecule has 2 aromatic rings. The van der Waals surface area contributed by atoms with E-state index in [1.54, 1.807) is 14.2 Å². The molecule has 1 aromatic carbocycles. The van der Waals surface area contributed by atoms with Crippen LogP contribution in [0.4, 0.5) is 0 Å². The van der Waals surface area contributed by atoms with Gasteiger partial charge in [0.2, 0.25) is 0 Å². The summed E-state index contributed by atoms with van der Waals surface area (Å²) in [6.07, 6.45) is 8.20. The molecule has 1 aliphatic carbocycles. The number of H-pyrrole nitrogens is 1. The molecule has 26 heavy (non-hydrogen) atoms. The smallest absolute Gasteiger partial charge is 0.188 e. The second-order valence-corrected chi connectivity index (χ2v) is 6.94. The van der Waals surface area contributed by atoms with Crippen molar-refractivity contribution in [3.05, 3.63) is 23.9 Å². The van der Waals surface area contributed by atoms with Crippen molar-refractivity contribution in [1.29, 1.82) is 0 Å². The molecule has 0 radical (unpaired) electrons. The predicted octanol–water partition coefficient (Wildman–Crippen LogP) is 3.35. The largest absolute Gasteiger partial charge is 0.497 e. The van der Waals surface area contributed by atoms with E-state index in [0.29, 0.717) is 12.0 Å². The van der Waals surface area contributed by atoms with Gasteiger partial charge in [0.05, 0.1) is 19.7 Å². The minimum absolute atomic E-state index is 0.503. The van der Waals surface area contributed by atoms with Crippen LogP contribution in [0.2, 0.25) is 0 Å². The Hall–Kier alpha value is -2.37. The fourth-order valence-electron chi connectivity index (χ4n) is 3.63. The fraction of sp³-hybridized carbons (Fsp3) is 0.550. The van der Waals surface area contributed by atoms with Crippen LogP contribution in [-0.2, 0) is 6.42 Å². The fourth-order valence-corrected chi connectivity index (χ4v) is 3.63. The number of hydrogen-bond donors (Lipinski definition) is 3. The van der Waals surface area contributed by atoms with Crippen molar-refractivity contribution >= 4 is 16.9 Å². The molecule has 0 aliphatic heterocycles. The van der Waals surface area contributed by atoms with Crippen LogP contribution in [0, 0.1) is 0 Å². The van der Waals surface area contributed by atoms with Gasteiger partial charge in [-0.05, 0) is 31.7 Å². The molecule has 4 N–H and O–H groups in total. The molecule has 1 heterocycles. The Bertz CT molecular complexity index is 748. The summed E-state index contributed by atoms with van der Waals surface area (Å²) in [5.74, 6) is 2.19. The van der Waals surface area contributed by atoms with Gasteiger partial charge >= 0.3 is 0 Å². The van der Waals surface area contributed by atoms with Crippen LogP contribution in [0.5, 0.6) is 11.5 Å². The number of fused-ring (bicyclic) bond motifs is 1. The SMILES string of the molecule is COc1cc(OC)c2cc(CCCN=C(N)NC3CCCCC3)[nH]c2c1. The first-order chi connectivity index (χ1) is 12.7. The normalized spacial score (nSPS) is 16.0. The van der Waals surface area contributed by atoms with Crippen LogP contribution >= 0.6 is 0 Å². The molecule has 0 atom stereocenters. The number of nitrogens with zero attached hydrogens (tertiary/aromatic N) is 1. The Morgan fingerprint density at radius 1 is 1.19 bits per heavy atom. The highest BCUT2D eigenvalue weighted by Gasteiger charge is 2.13. The molecule has 142 valence electrons. The summed E-state index contributed by atoms with van der Waals surface area (Å²) in [7, 11) is 3.34. The lowest BCUT2D eigenvalue weighted by Gasteiger charge is -2.23. The Balaban J connectivity index is 1.53. The Morgan fingerprint density at radius 3 is 2.73 bits per heavy atom. The summed E-state index contributed by atoms with van der Waals surface area (Å²) in [5, 5.41) is 4.43. The van der Waals surface area contributed by atoms with Gasteiger partial charge in [-0.1, -0.05) is 19.3 Å². The second-order valence-electron chi connectivity index (χ2n) is 6.94. The maximum absolute atomic E-state index is 6.02. The van der Waals surface area contributed by atoms with Crippen molar-refractivity contribution in [3.8, 4) is 11.5 Å². The number of aryl methyl sites for hydroxylation is 1. The van der Waals surface area contributed by atoms with Gasteiger partial charge in [0.15, 0.2) is 5.96 Å². The van der Waals surface area contributed by atoms with Crippen LogP contribution in [0.3, 0.4) is 0 Å². The number of nitrogens with two attached hydrogens (primary N) is 1. The van der Waals surface area contributed by atoms with Crippen molar-refractivity contribution in [2.45, 2.75) is 51.0 Å². The lowest BCUT2D eigenvalue weighted by atomic mass is 9.96. The standard InChI is InChI=1S/C20H30N4O2/c1-25-16-12-18-17(19(13-16)26-2)11-15(23-18)9-6-10-22-20(21)24-14-7-4-3-5-8-14/h11-14,23H,3-10H2,1-2H3,(H3,21,22,24). The highest BCUT2D eigenvalue weighted by Crippen LogP contribution is 2.31. The number of aliphatic imine (C=N–C) groups is 1. The Morgan fingerprint density at radius 2 is 2.00 bits per heavy atom. The molecule has 0 amide bonds. The number of rotatable bonds is 7. The van der Waals surface area contributed by atoms with E-state index in [0.717, 1.165) is 41.8 Å². The van der Waals surface area contributed by atoms with Gasteiger partial charge in [0.25, 0.3) is 0 Å². The summed E-state index contributed by atoms with van der Waals surface area (Å²) >= 11 is 0. The minimum atomic E-state index is 0.503. The number of hydrogen-bond acceptors (Lipinski definition) is 3. The van der Waals surface area contributed by atoms with Gasteiger partial charge < -0.3 is 25.5 Å². The zero-order valence-corrected chi connectivity index (χ0v) is 15.8. The van der Waals surface area contributed by atoms with Gasteiger partial charge in [0, 0.05) is 35.8 Å². The molecule has 1 aliphatic rings. The minimum Gasteiger partial charge on any atom is -0.497 e. The third-order valence-electron chi connectivity index (χ3n) is 5.03. The van der Waals surface area contributed by atoms with E-state index in [4.69, 9.17) is 15.2 Å². The van der Waals surface area contributed by atoms with E-state index in [-0.39, 0.29) is 0 Å². The first-order valence-corrected chi connectivity index (χ1v) is 9.49. The van der Waals surface area contributed by atoms with E-state index < -0.39 is 0 Å². The number of ether oxygens (including phenoxy) is 2. The molecule has 1 aromatic heterocycles. The van der Waals surface area contributed by atoms with Crippen molar-refractivity contribution in [2.75, 3.05) is 20.8 Å². The van der Waals surface area contributed by atoms with Gasteiger partial charge in [-0.25, -0.2) is 0 Å². The zero-order chi connectivity index (χ0) is 18.4. The summed E-state index contributed by atoms with van der Waals surface area (Å²) in [5.41, 5.74) is 8.21. The topological polar surface area (TPSA) is 84.7 Å². The molecule has 3 rings (SSSR count). The molecular formula is C20H30N4O2. The first-order valence-electron chi connectivity index (χ1n) is 9.49. The molecule has 0 spiro atoms. The van der Waals surface area contributed by atoms with Gasteiger partial charge in [0.1, 0.15) is 11.5 Å². The number of nitrogens with one attached hydrogen (secondary N) is 2. The molecule has 6 heteroatoms.